The fourth-order valence-corrected chi connectivity index (χ4v) is 2.45. The molecule has 0 bridgehead atoms. The highest BCUT2D eigenvalue weighted by molar-refractivity contribution is 5.86. The monoisotopic (exact) mass is 319 g/mol. The smallest absolute Gasteiger partial charge is 0.389 e. The van der Waals surface area contributed by atoms with Crippen molar-refractivity contribution in [3.63, 3.8) is 0 Å². The van der Waals surface area contributed by atoms with Crippen LogP contribution in [0.1, 0.15) is 42.1 Å². The fourth-order valence-electron chi connectivity index (χ4n) is 2.45. The third kappa shape index (κ3) is 4.22. The van der Waals surface area contributed by atoms with E-state index in [9.17, 15) is 22.8 Å². The molecule has 2 heterocycles. The maximum atomic E-state index is 12.2. The van der Waals surface area contributed by atoms with E-state index in [0.29, 0.717) is 19.4 Å². The van der Waals surface area contributed by atoms with Gasteiger partial charge in [-0.2, -0.15) is 18.3 Å². The third-order valence-corrected chi connectivity index (χ3v) is 3.59. The van der Waals surface area contributed by atoms with Gasteiger partial charge in [0.05, 0.1) is 24.2 Å². The van der Waals surface area contributed by atoms with Gasteiger partial charge in [0.1, 0.15) is 0 Å². The molecule has 0 radical (unpaired) electrons. The van der Waals surface area contributed by atoms with Gasteiger partial charge in [-0.25, -0.2) is 4.79 Å². The Morgan fingerprint density at radius 1 is 1.41 bits per heavy atom. The number of alkyl halides is 3. The third-order valence-electron chi connectivity index (χ3n) is 3.59. The molecule has 22 heavy (non-hydrogen) atoms. The number of piperidine rings is 1. The average molecular weight is 319 g/mol. The van der Waals surface area contributed by atoms with Crippen LogP contribution >= 0.6 is 0 Å². The van der Waals surface area contributed by atoms with E-state index in [4.69, 9.17) is 5.11 Å². The quantitative estimate of drug-likeness (QED) is 0.922. The molecule has 2 rings (SSSR count). The highest BCUT2D eigenvalue weighted by atomic mass is 19.4. The van der Waals surface area contributed by atoms with Crippen molar-refractivity contribution in [1.29, 1.82) is 0 Å². The highest BCUT2D eigenvalue weighted by Gasteiger charge is 2.31. The molecule has 0 unspecified atom stereocenters. The molecule has 1 fully saturated rings. The summed E-state index contributed by atoms with van der Waals surface area (Å²) in [6, 6.07) is -0.211. The number of nitrogens with zero attached hydrogens (tertiary/aromatic N) is 3. The van der Waals surface area contributed by atoms with Gasteiger partial charge in [0.25, 0.3) is 0 Å². The van der Waals surface area contributed by atoms with Gasteiger partial charge in [-0.1, -0.05) is 0 Å². The second-order valence-electron chi connectivity index (χ2n) is 5.27. The van der Waals surface area contributed by atoms with Gasteiger partial charge < -0.3 is 10.0 Å². The average Bonchev–Trinajstić information content (AvgIpc) is 2.94. The summed E-state index contributed by atoms with van der Waals surface area (Å²) in [4.78, 5) is 24.1. The molecule has 1 saturated heterocycles. The van der Waals surface area contributed by atoms with Crippen molar-refractivity contribution >= 4 is 11.9 Å². The molecular formula is C13H16F3N3O3. The van der Waals surface area contributed by atoms with Crippen LogP contribution in [0.4, 0.5) is 13.2 Å². The Bertz CT molecular complexity index is 556. The van der Waals surface area contributed by atoms with Crippen molar-refractivity contribution in [3.8, 4) is 0 Å². The van der Waals surface area contributed by atoms with Crippen molar-refractivity contribution in [2.75, 3.05) is 13.1 Å². The molecule has 0 saturated carbocycles. The first-order chi connectivity index (χ1) is 10.3. The molecule has 1 aliphatic heterocycles. The Hall–Kier alpha value is -2.06. The summed E-state index contributed by atoms with van der Waals surface area (Å²) in [5.41, 5.74) is 0.0421. The second kappa shape index (κ2) is 6.37. The van der Waals surface area contributed by atoms with E-state index >= 15 is 0 Å². The van der Waals surface area contributed by atoms with Gasteiger partial charge in [-0.3, -0.25) is 9.48 Å². The van der Waals surface area contributed by atoms with E-state index in [1.807, 2.05) is 0 Å². The van der Waals surface area contributed by atoms with E-state index in [-0.39, 0.29) is 18.2 Å². The lowest BCUT2D eigenvalue weighted by molar-refractivity contribution is -0.150. The summed E-state index contributed by atoms with van der Waals surface area (Å²) >= 11 is 0. The lowest BCUT2D eigenvalue weighted by Gasteiger charge is -2.33. The van der Waals surface area contributed by atoms with Crippen LogP contribution in [0, 0.1) is 0 Å². The first-order valence-electron chi connectivity index (χ1n) is 6.88. The molecule has 1 atom stereocenters. The lowest BCUT2D eigenvalue weighted by Crippen LogP contribution is -2.41. The van der Waals surface area contributed by atoms with Crippen LogP contribution < -0.4 is 0 Å². The first-order valence-corrected chi connectivity index (χ1v) is 6.88. The minimum Gasteiger partial charge on any atom is -0.478 e. The Balaban J connectivity index is 1.96. The van der Waals surface area contributed by atoms with Crippen molar-refractivity contribution in [2.45, 2.75) is 37.9 Å². The Morgan fingerprint density at radius 3 is 2.73 bits per heavy atom. The second-order valence-corrected chi connectivity index (χ2v) is 5.27. The van der Waals surface area contributed by atoms with Gasteiger partial charge in [0, 0.05) is 25.7 Å². The van der Waals surface area contributed by atoms with E-state index in [1.54, 1.807) is 0 Å². The number of aromatic nitrogens is 2. The van der Waals surface area contributed by atoms with Crippen LogP contribution in [0.25, 0.3) is 0 Å². The largest absolute Gasteiger partial charge is 0.478 e. The Labute approximate surface area is 124 Å². The van der Waals surface area contributed by atoms with E-state index in [2.05, 4.69) is 5.10 Å². The molecule has 9 heteroatoms. The molecule has 1 aliphatic rings. The molecule has 0 aliphatic carbocycles. The summed E-state index contributed by atoms with van der Waals surface area (Å²) in [6.45, 7) is 0.664. The minimum atomic E-state index is -4.34. The predicted molar refractivity (Wildman–Crippen MR) is 69.3 cm³/mol. The number of carbonyl (C=O) groups excluding carboxylic acids is 1. The summed E-state index contributed by atoms with van der Waals surface area (Å²) < 4.78 is 38.0. The maximum absolute atomic E-state index is 12.2. The molecule has 1 aromatic heterocycles. The fraction of sp³-hybridized carbons (Fsp3) is 0.615. The molecule has 122 valence electrons. The lowest BCUT2D eigenvalue weighted by atomic mass is 10.1. The Kier molecular flexibility index (Phi) is 4.72. The molecule has 0 spiro atoms. The number of amides is 1. The number of hydrogen-bond acceptors (Lipinski definition) is 3. The molecular weight excluding hydrogens is 303 g/mol. The van der Waals surface area contributed by atoms with Gasteiger partial charge >= 0.3 is 12.1 Å². The predicted octanol–water partition coefficient (Wildman–Crippen LogP) is 2.09. The van der Waals surface area contributed by atoms with Crippen LogP contribution in [0.3, 0.4) is 0 Å². The number of carbonyl (C=O) groups is 2. The number of likely N-dealkylation sites (tertiary alicyclic amines) is 1. The molecule has 1 N–H and O–H groups in total. The number of aromatic carboxylic acids is 1. The van der Waals surface area contributed by atoms with Crippen molar-refractivity contribution in [3.05, 3.63) is 18.0 Å². The SMILES string of the molecule is O=C(O)c1cnn([C@H]2CCCN(C(=O)CCC(F)(F)F)C2)c1. The van der Waals surface area contributed by atoms with Crippen molar-refractivity contribution < 1.29 is 27.9 Å². The number of halogens is 3. The maximum Gasteiger partial charge on any atom is 0.389 e. The van der Waals surface area contributed by atoms with Crippen LogP contribution in [0.5, 0.6) is 0 Å². The normalized spacial score (nSPS) is 19.2. The van der Waals surface area contributed by atoms with Crippen LogP contribution in [-0.4, -0.2) is 50.9 Å². The summed E-state index contributed by atoms with van der Waals surface area (Å²) in [5.74, 6) is -1.63. The van der Waals surface area contributed by atoms with Gasteiger partial charge in [-0.15, -0.1) is 0 Å². The zero-order chi connectivity index (χ0) is 16.3. The van der Waals surface area contributed by atoms with Gasteiger partial charge in [-0.05, 0) is 12.8 Å². The zero-order valence-electron chi connectivity index (χ0n) is 11.7. The van der Waals surface area contributed by atoms with Gasteiger partial charge in [0.2, 0.25) is 5.91 Å². The van der Waals surface area contributed by atoms with Gasteiger partial charge in [0.15, 0.2) is 0 Å². The molecule has 0 aromatic carbocycles. The first kappa shape index (κ1) is 16.3. The van der Waals surface area contributed by atoms with E-state index < -0.39 is 30.9 Å². The Morgan fingerprint density at radius 2 is 2.14 bits per heavy atom. The summed E-state index contributed by atoms with van der Waals surface area (Å²) in [7, 11) is 0. The van der Waals surface area contributed by atoms with E-state index in [1.165, 1.54) is 22.0 Å². The number of carboxylic acid groups (broad SMARTS) is 1. The number of rotatable bonds is 4. The van der Waals surface area contributed by atoms with Crippen LogP contribution in [-0.2, 0) is 4.79 Å². The zero-order valence-corrected chi connectivity index (χ0v) is 11.7. The summed E-state index contributed by atoms with van der Waals surface area (Å²) in [5, 5.41) is 12.8. The standard InChI is InChI=1S/C13H16F3N3O3/c14-13(15,16)4-3-11(20)18-5-1-2-10(8-18)19-7-9(6-17-19)12(21)22/h6-7,10H,1-5,8H2,(H,21,22)/t10-/m0/s1. The van der Waals surface area contributed by atoms with Crippen LogP contribution in [0.2, 0.25) is 0 Å². The number of carboxylic acids is 1. The highest BCUT2D eigenvalue weighted by Crippen LogP contribution is 2.25. The minimum absolute atomic E-state index is 0.0421. The molecule has 1 amide bonds. The topological polar surface area (TPSA) is 75.4 Å². The molecule has 1 aromatic rings. The van der Waals surface area contributed by atoms with E-state index in [0.717, 1.165) is 0 Å². The van der Waals surface area contributed by atoms with Crippen molar-refractivity contribution in [2.24, 2.45) is 0 Å². The van der Waals surface area contributed by atoms with Crippen molar-refractivity contribution in [1.82, 2.24) is 14.7 Å². The summed E-state index contributed by atoms with van der Waals surface area (Å²) in [6.07, 6.45) is -2.10. The number of hydrogen-bond donors (Lipinski definition) is 1. The van der Waals surface area contributed by atoms with Crippen LogP contribution in [0.15, 0.2) is 12.4 Å². The molecule has 6 nitrogen and oxygen atoms in total.